The average molecular weight is 291 g/mol. The van der Waals surface area contributed by atoms with Crippen molar-refractivity contribution in [2.24, 2.45) is 0 Å². The molecule has 1 rings (SSSR count). The Labute approximate surface area is 110 Å². The van der Waals surface area contributed by atoms with Crippen LogP contribution < -0.4 is 0 Å². The highest BCUT2D eigenvalue weighted by atomic mass is 32.2. The minimum Gasteiger partial charge on any atom is -0.478 e. The van der Waals surface area contributed by atoms with Crippen LogP contribution in [0.4, 0.5) is 10.1 Å². The zero-order valence-corrected chi connectivity index (χ0v) is 10.3. The normalized spacial score (nSPS) is 12.2. The van der Waals surface area contributed by atoms with E-state index in [1.165, 1.54) is 0 Å². The van der Waals surface area contributed by atoms with E-state index in [1.807, 2.05) is 0 Å². The van der Waals surface area contributed by atoms with Crippen molar-refractivity contribution in [1.29, 1.82) is 0 Å². The smallest absolute Gasteiger partial charge is 0.338 e. The Morgan fingerprint density at radius 2 is 2.16 bits per heavy atom. The number of benzene rings is 1. The molecule has 7 nitrogen and oxygen atoms in total. The second-order valence-electron chi connectivity index (χ2n) is 3.51. The van der Waals surface area contributed by atoms with E-state index in [2.05, 4.69) is 0 Å². The van der Waals surface area contributed by atoms with Gasteiger partial charge in [0.1, 0.15) is 5.82 Å². The number of carboxylic acids is 1. The van der Waals surface area contributed by atoms with Gasteiger partial charge in [-0.25, -0.2) is 9.18 Å². The van der Waals surface area contributed by atoms with Crippen LogP contribution >= 0.6 is 11.8 Å². The molecule has 0 saturated carbocycles. The molecule has 104 valence electrons. The van der Waals surface area contributed by atoms with Crippen molar-refractivity contribution in [1.82, 2.24) is 0 Å². The van der Waals surface area contributed by atoms with E-state index in [4.69, 9.17) is 15.3 Å². The fraction of sp³-hybridized carbons (Fsp3) is 0.300. The third-order valence-electron chi connectivity index (χ3n) is 2.12. The van der Waals surface area contributed by atoms with Gasteiger partial charge in [-0.1, -0.05) is 0 Å². The predicted octanol–water partition coefficient (Wildman–Crippen LogP) is 0.877. The number of nitro benzene ring substituents is 1. The molecule has 19 heavy (non-hydrogen) atoms. The summed E-state index contributed by atoms with van der Waals surface area (Å²) in [5.74, 6) is -2.83. The molecule has 1 aromatic rings. The standard InChI is InChI=1S/C10H10FNO6S/c11-7-2-8(12(17)18)9(1-6(7)10(15)16)19-4-5(14)3-13/h1-2,5,13-14H,3-4H2,(H,15,16). The summed E-state index contributed by atoms with van der Waals surface area (Å²) in [6, 6.07) is 1.36. The van der Waals surface area contributed by atoms with Crippen molar-refractivity contribution in [3.8, 4) is 0 Å². The average Bonchev–Trinajstić information content (AvgIpc) is 2.35. The van der Waals surface area contributed by atoms with Crippen LogP contribution in [0.25, 0.3) is 0 Å². The van der Waals surface area contributed by atoms with Crippen molar-refractivity contribution >= 4 is 23.4 Å². The van der Waals surface area contributed by atoms with Gasteiger partial charge in [0, 0.05) is 5.75 Å². The Morgan fingerprint density at radius 1 is 1.53 bits per heavy atom. The molecule has 0 aliphatic carbocycles. The first kappa shape index (κ1) is 15.3. The number of aromatic carboxylic acids is 1. The summed E-state index contributed by atoms with van der Waals surface area (Å²) in [6.07, 6.45) is -1.11. The Morgan fingerprint density at radius 3 is 2.63 bits per heavy atom. The number of thioether (sulfide) groups is 1. The third kappa shape index (κ3) is 3.88. The molecule has 1 unspecified atom stereocenters. The second kappa shape index (κ2) is 6.45. The van der Waals surface area contributed by atoms with Crippen LogP contribution in [-0.2, 0) is 0 Å². The molecule has 0 amide bonds. The molecular weight excluding hydrogens is 281 g/mol. The first-order chi connectivity index (χ1) is 8.86. The fourth-order valence-electron chi connectivity index (χ4n) is 1.20. The molecule has 1 aromatic carbocycles. The summed E-state index contributed by atoms with van der Waals surface area (Å²) in [6.45, 7) is -0.534. The third-order valence-corrected chi connectivity index (χ3v) is 3.31. The van der Waals surface area contributed by atoms with Crippen LogP contribution in [-0.4, -0.2) is 44.7 Å². The van der Waals surface area contributed by atoms with E-state index in [9.17, 15) is 19.3 Å². The topological polar surface area (TPSA) is 121 Å². The Bertz CT molecular complexity index is 509. The van der Waals surface area contributed by atoms with Gasteiger partial charge in [0.05, 0.1) is 34.2 Å². The van der Waals surface area contributed by atoms with Crippen LogP contribution in [0.15, 0.2) is 17.0 Å². The van der Waals surface area contributed by atoms with Gasteiger partial charge in [-0.15, -0.1) is 11.8 Å². The second-order valence-corrected chi connectivity index (χ2v) is 4.57. The Kier molecular flexibility index (Phi) is 5.21. The Hall–Kier alpha value is -1.71. The van der Waals surface area contributed by atoms with Gasteiger partial charge in [0.2, 0.25) is 0 Å². The summed E-state index contributed by atoms with van der Waals surface area (Å²) < 4.78 is 13.3. The zero-order valence-electron chi connectivity index (χ0n) is 9.45. The highest BCUT2D eigenvalue weighted by molar-refractivity contribution is 7.99. The van der Waals surface area contributed by atoms with Gasteiger partial charge in [0.25, 0.3) is 5.69 Å². The van der Waals surface area contributed by atoms with E-state index in [0.717, 1.165) is 17.8 Å². The van der Waals surface area contributed by atoms with Crippen molar-refractivity contribution < 1.29 is 29.4 Å². The van der Waals surface area contributed by atoms with Gasteiger partial charge in [0.15, 0.2) is 0 Å². The summed E-state index contributed by atoms with van der Waals surface area (Å²) in [7, 11) is 0. The largest absolute Gasteiger partial charge is 0.478 e. The van der Waals surface area contributed by atoms with Crippen LogP contribution in [0.1, 0.15) is 10.4 Å². The number of nitrogens with zero attached hydrogens (tertiary/aromatic N) is 1. The lowest BCUT2D eigenvalue weighted by Gasteiger charge is -2.08. The number of rotatable bonds is 6. The molecule has 0 saturated heterocycles. The van der Waals surface area contributed by atoms with E-state index >= 15 is 0 Å². The molecule has 3 N–H and O–H groups in total. The predicted molar refractivity (Wildman–Crippen MR) is 63.8 cm³/mol. The molecule has 0 spiro atoms. The van der Waals surface area contributed by atoms with Crippen molar-refractivity contribution in [2.45, 2.75) is 11.0 Å². The molecule has 0 fully saturated rings. The van der Waals surface area contributed by atoms with Crippen LogP contribution in [0, 0.1) is 15.9 Å². The van der Waals surface area contributed by atoms with Crippen LogP contribution in [0.5, 0.6) is 0 Å². The first-order valence-corrected chi connectivity index (χ1v) is 5.98. The number of nitro groups is 1. The summed E-state index contributed by atoms with van der Waals surface area (Å²) in [5.41, 5.74) is -1.27. The number of hydrogen-bond donors (Lipinski definition) is 3. The lowest BCUT2D eigenvalue weighted by atomic mass is 10.2. The molecular formula is C10H10FNO6S. The lowest BCUT2D eigenvalue weighted by Crippen LogP contribution is -2.14. The van der Waals surface area contributed by atoms with Crippen LogP contribution in [0.3, 0.4) is 0 Å². The molecule has 0 aliphatic rings. The maximum Gasteiger partial charge on any atom is 0.338 e. The number of halogens is 1. The van der Waals surface area contributed by atoms with Crippen LogP contribution in [0.2, 0.25) is 0 Å². The van der Waals surface area contributed by atoms with Gasteiger partial charge >= 0.3 is 5.97 Å². The number of aliphatic hydroxyl groups excluding tert-OH is 2. The molecule has 1 atom stereocenters. The number of aliphatic hydroxyl groups is 2. The summed E-state index contributed by atoms with van der Waals surface area (Å²) in [5, 5.41) is 37.2. The number of carboxylic acid groups (broad SMARTS) is 1. The number of hydrogen-bond acceptors (Lipinski definition) is 6. The van der Waals surface area contributed by atoms with E-state index in [1.54, 1.807) is 0 Å². The minimum absolute atomic E-state index is 0.0813. The molecule has 0 bridgehead atoms. The molecule has 0 radical (unpaired) electrons. The van der Waals surface area contributed by atoms with Gasteiger partial charge in [-0.3, -0.25) is 10.1 Å². The Balaban J connectivity index is 3.14. The maximum absolute atomic E-state index is 13.3. The number of carbonyl (C=O) groups is 1. The molecule has 9 heteroatoms. The molecule has 0 aliphatic heterocycles. The van der Waals surface area contributed by atoms with Gasteiger partial charge < -0.3 is 15.3 Å². The highest BCUT2D eigenvalue weighted by Crippen LogP contribution is 2.32. The fourth-order valence-corrected chi connectivity index (χ4v) is 2.16. The van der Waals surface area contributed by atoms with Gasteiger partial charge in [-0.2, -0.15) is 0 Å². The van der Waals surface area contributed by atoms with Crippen molar-refractivity contribution in [2.75, 3.05) is 12.4 Å². The molecule has 0 heterocycles. The minimum atomic E-state index is -1.54. The monoisotopic (exact) mass is 291 g/mol. The quantitative estimate of drug-likeness (QED) is 0.404. The van der Waals surface area contributed by atoms with Gasteiger partial charge in [-0.05, 0) is 6.07 Å². The van der Waals surface area contributed by atoms with Crippen molar-refractivity contribution in [3.05, 3.63) is 33.6 Å². The lowest BCUT2D eigenvalue weighted by molar-refractivity contribution is -0.387. The summed E-state index contributed by atoms with van der Waals surface area (Å²) in [4.78, 5) is 20.5. The highest BCUT2D eigenvalue weighted by Gasteiger charge is 2.22. The van der Waals surface area contributed by atoms with E-state index < -0.39 is 40.7 Å². The van der Waals surface area contributed by atoms with E-state index in [-0.39, 0.29) is 10.6 Å². The first-order valence-electron chi connectivity index (χ1n) is 4.99. The summed E-state index contributed by atoms with van der Waals surface area (Å²) >= 11 is 0.767. The maximum atomic E-state index is 13.3. The van der Waals surface area contributed by atoms with E-state index in [0.29, 0.717) is 6.07 Å². The van der Waals surface area contributed by atoms with Crippen molar-refractivity contribution in [3.63, 3.8) is 0 Å². The zero-order chi connectivity index (χ0) is 14.6. The molecule has 0 aromatic heterocycles. The SMILES string of the molecule is O=C(O)c1cc(SCC(O)CO)c([N+](=O)[O-])cc1F.